The fraction of sp³-hybridized carbons (Fsp3) is 0.459. The van der Waals surface area contributed by atoms with Gasteiger partial charge in [0.2, 0.25) is 5.91 Å². The lowest BCUT2D eigenvalue weighted by atomic mass is 9.94. The van der Waals surface area contributed by atoms with Crippen LogP contribution in [-0.4, -0.2) is 64.9 Å². The Kier molecular flexibility index (Phi) is 15.6. The van der Waals surface area contributed by atoms with Gasteiger partial charge < -0.3 is 34.4 Å². The highest BCUT2D eigenvalue weighted by molar-refractivity contribution is 6.74. The summed E-state index contributed by atoms with van der Waals surface area (Å²) in [6.07, 6.45) is 0.998. The van der Waals surface area contributed by atoms with Gasteiger partial charge in [-0.15, -0.1) is 0 Å². The summed E-state index contributed by atoms with van der Waals surface area (Å²) in [6, 6.07) is 24.0. The van der Waals surface area contributed by atoms with Crippen LogP contribution in [0.5, 0.6) is 0 Å². The molecule has 0 unspecified atom stereocenters. The molecule has 2 amide bonds. The molecule has 3 rings (SSSR count). The number of aliphatic hydroxyl groups excluding tert-OH is 1. The van der Waals surface area contributed by atoms with E-state index in [4.69, 9.17) is 18.6 Å². The van der Waals surface area contributed by atoms with E-state index in [1.807, 2.05) is 42.5 Å². The van der Waals surface area contributed by atoms with Gasteiger partial charge in [-0.1, -0.05) is 93.6 Å². The zero-order valence-electron chi connectivity index (χ0n) is 28.6. The topological polar surface area (TPSA) is 115 Å². The van der Waals surface area contributed by atoms with Gasteiger partial charge in [-0.05, 0) is 64.4 Å². The molecule has 0 heterocycles. The maximum absolute atomic E-state index is 12.2. The van der Waals surface area contributed by atoms with Crippen molar-refractivity contribution in [3.05, 3.63) is 95.1 Å². The summed E-state index contributed by atoms with van der Waals surface area (Å²) in [4.78, 5) is 24.0. The van der Waals surface area contributed by atoms with Crippen LogP contribution in [0.2, 0.25) is 18.1 Å². The van der Waals surface area contributed by atoms with Crippen molar-refractivity contribution in [1.82, 2.24) is 10.6 Å². The predicted molar refractivity (Wildman–Crippen MR) is 187 cm³/mol. The number of rotatable bonds is 19. The van der Waals surface area contributed by atoms with Crippen molar-refractivity contribution in [3.8, 4) is 11.1 Å². The van der Waals surface area contributed by atoms with E-state index in [0.29, 0.717) is 32.9 Å². The Labute approximate surface area is 281 Å². The summed E-state index contributed by atoms with van der Waals surface area (Å²) < 4.78 is 22.4. The summed E-state index contributed by atoms with van der Waals surface area (Å²) in [5.74, 6) is -0.187. The smallest absolute Gasteiger partial charge is 0.407 e. The van der Waals surface area contributed by atoms with Crippen LogP contribution in [0.25, 0.3) is 11.1 Å². The fourth-order valence-corrected chi connectivity index (χ4v) is 5.40. The zero-order chi connectivity index (χ0) is 34.1. The van der Waals surface area contributed by atoms with Gasteiger partial charge in [0.15, 0.2) is 8.32 Å². The maximum atomic E-state index is 12.2. The number of benzene rings is 3. The summed E-state index contributed by atoms with van der Waals surface area (Å²) >= 11 is 0. The molecule has 0 aliphatic carbocycles. The van der Waals surface area contributed by atoms with E-state index < -0.39 is 14.4 Å². The van der Waals surface area contributed by atoms with E-state index in [0.717, 1.165) is 46.2 Å². The fourth-order valence-electron chi connectivity index (χ4n) is 4.44. The third-order valence-electron chi connectivity index (χ3n) is 8.30. The number of hydrogen-bond donors (Lipinski definition) is 3. The van der Waals surface area contributed by atoms with Gasteiger partial charge in [-0.2, -0.15) is 0 Å². The Morgan fingerprint density at radius 3 is 2.17 bits per heavy atom. The molecule has 0 bridgehead atoms. The quantitative estimate of drug-likeness (QED) is 0.101. The van der Waals surface area contributed by atoms with Gasteiger partial charge >= 0.3 is 6.09 Å². The molecule has 0 atom stereocenters. The number of alkyl carbamates (subject to hydrolysis) is 1. The summed E-state index contributed by atoms with van der Waals surface area (Å²) in [5.41, 5.74) is 6.29. The number of aryl methyl sites for hydroxylation is 1. The number of amides is 2. The third-order valence-corrected chi connectivity index (χ3v) is 12.8. The van der Waals surface area contributed by atoms with E-state index in [9.17, 15) is 14.7 Å². The molecule has 3 aromatic carbocycles. The Hall–Kier alpha value is -3.54. The van der Waals surface area contributed by atoms with Gasteiger partial charge in [0.05, 0.1) is 33.0 Å². The van der Waals surface area contributed by atoms with Crippen molar-refractivity contribution in [2.45, 2.75) is 71.6 Å². The molecule has 0 spiro atoms. The minimum atomic E-state index is -1.82. The molecule has 0 aliphatic rings. The summed E-state index contributed by atoms with van der Waals surface area (Å²) in [6.45, 7) is 13.7. The zero-order valence-corrected chi connectivity index (χ0v) is 29.6. The number of nitrogens with one attached hydrogen (secondary N) is 2. The van der Waals surface area contributed by atoms with Gasteiger partial charge in [0.25, 0.3) is 0 Å². The minimum Gasteiger partial charge on any atom is -0.445 e. The SMILES string of the molecule is CC(C)(C)[Si](C)(C)OCc1ccc(-c2ccc(CO)cc2CCCNC(=O)COCCOCCNC(=O)OCc2ccccc2)cc1. The number of aliphatic hydroxyl groups is 1. The molecule has 0 aromatic heterocycles. The molecule has 0 radical (unpaired) electrons. The van der Waals surface area contributed by atoms with Gasteiger partial charge in [0.1, 0.15) is 13.2 Å². The van der Waals surface area contributed by atoms with Crippen LogP contribution in [0, 0.1) is 0 Å². The number of carbonyl (C=O) groups is 2. The van der Waals surface area contributed by atoms with E-state index >= 15 is 0 Å². The molecule has 3 N–H and O–H groups in total. The van der Waals surface area contributed by atoms with Crippen molar-refractivity contribution in [3.63, 3.8) is 0 Å². The first-order valence-corrected chi connectivity index (χ1v) is 19.2. The molecule has 47 heavy (non-hydrogen) atoms. The molecule has 256 valence electrons. The van der Waals surface area contributed by atoms with Crippen LogP contribution in [0.4, 0.5) is 4.79 Å². The standard InChI is InChI=1S/C37H52N2O7Si/c1-37(2,3)47(4,5)46-27-30-13-16-32(17-14-30)34-18-15-31(25-40)24-33(34)12-9-19-38-35(41)28-44-23-22-43-21-20-39-36(42)45-26-29-10-7-6-8-11-29/h6-8,10-11,13-18,24,40H,9,12,19-23,25-28H2,1-5H3,(H,38,41)(H,39,42). The first-order valence-electron chi connectivity index (χ1n) is 16.3. The van der Waals surface area contributed by atoms with Crippen LogP contribution in [0.15, 0.2) is 72.8 Å². The van der Waals surface area contributed by atoms with Crippen LogP contribution >= 0.6 is 0 Å². The Morgan fingerprint density at radius 1 is 0.787 bits per heavy atom. The van der Waals surface area contributed by atoms with Crippen LogP contribution in [-0.2, 0) is 49.7 Å². The van der Waals surface area contributed by atoms with Crippen molar-refractivity contribution in [1.29, 1.82) is 0 Å². The Balaban J connectivity index is 1.31. The van der Waals surface area contributed by atoms with Crippen LogP contribution in [0.3, 0.4) is 0 Å². The van der Waals surface area contributed by atoms with E-state index in [1.54, 1.807) is 0 Å². The molecular weight excluding hydrogens is 613 g/mol. The molecule has 9 nitrogen and oxygen atoms in total. The third kappa shape index (κ3) is 13.6. The van der Waals surface area contributed by atoms with Gasteiger partial charge in [-0.25, -0.2) is 4.79 Å². The average molecular weight is 665 g/mol. The lowest BCUT2D eigenvalue weighted by Gasteiger charge is -2.36. The van der Waals surface area contributed by atoms with E-state index in [2.05, 4.69) is 74.8 Å². The molecule has 3 aromatic rings. The second kappa shape index (κ2) is 19.3. The Morgan fingerprint density at radius 2 is 1.47 bits per heavy atom. The molecule has 0 aliphatic heterocycles. The first-order chi connectivity index (χ1) is 22.5. The van der Waals surface area contributed by atoms with Crippen molar-refractivity contribution >= 4 is 20.3 Å². The highest BCUT2D eigenvalue weighted by atomic mass is 28.4. The largest absolute Gasteiger partial charge is 0.445 e. The van der Waals surface area contributed by atoms with E-state index in [-0.39, 0.29) is 37.4 Å². The number of carbonyl (C=O) groups excluding carboxylic acids is 2. The first kappa shape index (κ1) is 37.9. The predicted octanol–water partition coefficient (Wildman–Crippen LogP) is 6.38. The monoisotopic (exact) mass is 664 g/mol. The second-order valence-corrected chi connectivity index (χ2v) is 17.8. The minimum absolute atomic E-state index is 0.0212. The second-order valence-electron chi connectivity index (χ2n) is 13.0. The lowest BCUT2D eigenvalue weighted by molar-refractivity contribution is -0.126. The van der Waals surface area contributed by atoms with Crippen molar-refractivity contribution < 1.29 is 33.3 Å². The highest BCUT2D eigenvalue weighted by Gasteiger charge is 2.37. The van der Waals surface area contributed by atoms with E-state index in [1.165, 1.54) is 0 Å². The molecule has 0 saturated carbocycles. The number of hydrogen-bond acceptors (Lipinski definition) is 7. The normalized spacial score (nSPS) is 11.7. The number of ether oxygens (including phenoxy) is 3. The maximum Gasteiger partial charge on any atom is 0.407 e. The van der Waals surface area contributed by atoms with Gasteiger partial charge in [-0.3, -0.25) is 4.79 Å². The van der Waals surface area contributed by atoms with Crippen molar-refractivity contribution in [2.75, 3.05) is 39.5 Å². The van der Waals surface area contributed by atoms with Gasteiger partial charge in [0, 0.05) is 13.1 Å². The lowest BCUT2D eigenvalue weighted by Crippen LogP contribution is -2.40. The summed E-state index contributed by atoms with van der Waals surface area (Å²) in [7, 11) is -1.82. The molecule has 10 heteroatoms. The van der Waals surface area contributed by atoms with Crippen LogP contribution in [0.1, 0.15) is 49.4 Å². The van der Waals surface area contributed by atoms with Crippen LogP contribution < -0.4 is 10.6 Å². The molecular formula is C37H52N2O7Si. The Bertz CT molecular complexity index is 1380. The van der Waals surface area contributed by atoms with Crippen molar-refractivity contribution in [2.24, 2.45) is 0 Å². The summed E-state index contributed by atoms with van der Waals surface area (Å²) in [5, 5.41) is 15.4. The average Bonchev–Trinajstić information content (AvgIpc) is 3.06. The molecule has 0 fully saturated rings. The highest BCUT2D eigenvalue weighted by Crippen LogP contribution is 2.37. The molecule has 0 saturated heterocycles.